The minimum Gasteiger partial charge on any atom is -0.480 e. The molecular formula is C27H38O4. The molecule has 0 amide bonds. The summed E-state index contributed by atoms with van der Waals surface area (Å²) in [6.07, 6.45) is 4.40. The highest BCUT2D eigenvalue weighted by Crippen LogP contribution is 2.48. The molecule has 4 heteroatoms. The highest BCUT2D eigenvalue weighted by atomic mass is 16.4. The molecular weight excluding hydrogens is 388 g/mol. The number of aliphatic carboxylic acids is 2. The van der Waals surface area contributed by atoms with Gasteiger partial charge >= 0.3 is 11.9 Å². The fourth-order valence-corrected chi connectivity index (χ4v) is 4.71. The summed E-state index contributed by atoms with van der Waals surface area (Å²) in [5, 5.41) is 20.2. The summed E-state index contributed by atoms with van der Waals surface area (Å²) in [6.45, 7) is 16.3. The zero-order valence-corrected chi connectivity index (χ0v) is 20.2. The van der Waals surface area contributed by atoms with Crippen LogP contribution in [0.15, 0.2) is 41.5 Å². The average molecular weight is 427 g/mol. The summed E-state index contributed by atoms with van der Waals surface area (Å²) in [5.41, 5.74) is 3.31. The molecule has 0 radical (unpaired) electrons. The van der Waals surface area contributed by atoms with E-state index in [1.807, 2.05) is 39.8 Å². The summed E-state index contributed by atoms with van der Waals surface area (Å²) in [4.78, 5) is 24.8. The van der Waals surface area contributed by atoms with Gasteiger partial charge in [-0.3, -0.25) is 9.59 Å². The zero-order valence-electron chi connectivity index (χ0n) is 20.2. The van der Waals surface area contributed by atoms with Crippen molar-refractivity contribution in [2.75, 3.05) is 0 Å². The number of rotatable bonds is 8. The van der Waals surface area contributed by atoms with Gasteiger partial charge in [0.1, 0.15) is 0 Å². The summed E-state index contributed by atoms with van der Waals surface area (Å²) < 4.78 is 0. The summed E-state index contributed by atoms with van der Waals surface area (Å²) >= 11 is 0. The minimum absolute atomic E-state index is 0.127. The fraction of sp³-hybridized carbons (Fsp3) is 0.556. The minimum atomic E-state index is -1.92. The Morgan fingerprint density at radius 3 is 1.68 bits per heavy atom. The third-order valence-corrected chi connectivity index (χ3v) is 6.48. The van der Waals surface area contributed by atoms with Crippen LogP contribution in [0.5, 0.6) is 0 Å². The lowest BCUT2D eigenvalue weighted by Gasteiger charge is -2.41. The van der Waals surface area contributed by atoms with Crippen LogP contribution in [0.4, 0.5) is 0 Å². The highest BCUT2D eigenvalue weighted by molar-refractivity contribution is 6.03. The predicted molar refractivity (Wildman–Crippen MR) is 125 cm³/mol. The van der Waals surface area contributed by atoms with Crippen LogP contribution >= 0.6 is 0 Å². The standard InChI is InChI=1S/C27H38O4/c1-15(2)21-10-19(11-22(14-21)16(3)4)9-20-12-23(17(5)6)27(25(28)29,26(30)31)24(13-20)18(7)8/h10-18,23H,9H2,1-8H3,(H,28,29)(H,30,31). The van der Waals surface area contributed by atoms with Gasteiger partial charge in [-0.25, -0.2) is 0 Å². The molecule has 1 atom stereocenters. The SMILES string of the molecule is CC(C)C1=CC(Cc2cc(C(C)C)cc(C(C)C)c2)=CC(C(C)C)C1(C(=O)O)C(=O)O. The van der Waals surface area contributed by atoms with E-state index in [9.17, 15) is 19.8 Å². The third kappa shape index (κ3) is 4.78. The van der Waals surface area contributed by atoms with Gasteiger partial charge in [0, 0.05) is 5.92 Å². The lowest BCUT2D eigenvalue weighted by Crippen LogP contribution is -2.51. The fourth-order valence-electron chi connectivity index (χ4n) is 4.71. The first kappa shape index (κ1) is 24.9. The van der Waals surface area contributed by atoms with Gasteiger partial charge in [-0.1, -0.05) is 85.7 Å². The number of carboxylic acids is 2. The van der Waals surface area contributed by atoms with Crippen LogP contribution in [0.3, 0.4) is 0 Å². The number of benzene rings is 1. The molecule has 31 heavy (non-hydrogen) atoms. The Hall–Kier alpha value is -2.36. The molecule has 1 aromatic rings. The van der Waals surface area contributed by atoms with E-state index in [1.54, 1.807) is 0 Å². The van der Waals surface area contributed by atoms with Crippen LogP contribution in [0.25, 0.3) is 0 Å². The largest absolute Gasteiger partial charge is 0.480 e. The van der Waals surface area contributed by atoms with Crippen LogP contribution in [-0.2, 0) is 16.0 Å². The van der Waals surface area contributed by atoms with Gasteiger partial charge in [0.15, 0.2) is 5.41 Å². The first-order valence-corrected chi connectivity index (χ1v) is 11.4. The van der Waals surface area contributed by atoms with Crippen molar-refractivity contribution in [1.29, 1.82) is 0 Å². The van der Waals surface area contributed by atoms with Crippen molar-refractivity contribution in [1.82, 2.24) is 0 Å². The van der Waals surface area contributed by atoms with Gasteiger partial charge in [0.05, 0.1) is 0 Å². The summed E-state index contributed by atoms with van der Waals surface area (Å²) in [5.74, 6) is -2.67. The smallest absolute Gasteiger partial charge is 0.325 e. The molecule has 0 saturated carbocycles. The van der Waals surface area contributed by atoms with E-state index in [2.05, 4.69) is 45.9 Å². The number of hydrogen-bond donors (Lipinski definition) is 2. The van der Waals surface area contributed by atoms with E-state index < -0.39 is 23.3 Å². The molecule has 0 heterocycles. The van der Waals surface area contributed by atoms with Crippen LogP contribution < -0.4 is 0 Å². The molecule has 0 fully saturated rings. The van der Waals surface area contributed by atoms with Crippen LogP contribution in [-0.4, -0.2) is 22.2 Å². The molecule has 1 unspecified atom stereocenters. The highest BCUT2D eigenvalue weighted by Gasteiger charge is 2.57. The van der Waals surface area contributed by atoms with E-state index in [-0.39, 0.29) is 11.8 Å². The quantitative estimate of drug-likeness (QED) is 0.470. The molecule has 0 aliphatic heterocycles. The Morgan fingerprint density at radius 1 is 0.839 bits per heavy atom. The molecule has 0 bridgehead atoms. The van der Waals surface area contributed by atoms with E-state index in [0.717, 1.165) is 5.57 Å². The first-order valence-electron chi connectivity index (χ1n) is 11.4. The Labute approximate surface area is 187 Å². The van der Waals surface area contributed by atoms with Crippen molar-refractivity contribution < 1.29 is 19.8 Å². The Morgan fingerprint density at radius 2 is 1.32 bits per heavy atom. The number of hydrogen-bond acceptors (Lipinski definition) is 2. The Kier molecular flexibility index (Phi) is 7.57. The predicted octanol–water partition coefficient (Wildman–Crippen LogP) is 6.43. The normalized spacial score (nSPS) is 18.5. The second kappa shape index (κ2) is 9.42. The number of allylic oxidation sites excluding steroid dienone is 3. The average Bonchev–Trinajstić information content (AvgIpc) is 2.66. The lowest BCUT2D eigenvalue weighted by molar-refractivity contribution is -0.166. The van der Waals surface area contributed by atoms with E-state index >= 15 is 0 Å². The van der Waals surface area contributed by atoms with Gasteiger partial charge in [-0.2, -0.15) is 0 Å². The van der Waals surface area contributed by atoms with Gasteiger partial charge < -0.3 is 10.2 Å². The summed E-state index contributed by atoms with van der Waals surface area (Å²) in [6, 6.07) is 6.71. The molecule has 0 saturated heterocycles. The zero-order chi connectivity index (χ0) is 23.7. The van der Waals surface area contributed by atoms with Gasteiger partial charge in [-0.05, 0) is 57.9 Å². The van der Waals surface area contributed by atoms with Gasteiger partial charge in [0.2, 0.25) is 0 Å². The van der Waals surface area contributed by atoms with Crippen LogP contribution in [0.1, 0.15) is 83.9 Å². The molecule has 170 valence electrons. The molecule has 1 aliphatic carbocycles. The van der Waals surface area contributed by atoms with Gasteiger partial charge in [0.25, 0.3) is 0 Å². The van der Waals surface area contributed by atoms with E-state index in [1.165, 1.54) is 16.7 Å². The number of carbonyl (C=O) groups is 2. The Bertz CT molecular complexity index is 860. The summed E-state index contributed by atoms with van der Waals surface area (Å²) in [7, 11) is 0. The molecule has 1 aromatic carbocycles. The van der Waals surface area contributed by atoms with Crippen LogP contribution in [0, 0.1) is 23.2 Å². The molecule has 2 rings (SSSR count). The topological polar surface area (TPSA) is 74.6 Å². The molecule has 2 N–H and O–H groups in total. The maximum atomic E-state index is 12.4. The van der Waals surface area contributed by atoms with Crippen molar-refractivity contribution in [2.45, 2.75) is 73.6 Å². The van der Waals surface area contributed by atoms with E-state index in [0.29, 0.717) is 23.8 Å². The molecule has 1 aliphatic rings. The molecule has 0 aromatic heterocycles. The maximum absolute atomic E-state index is 12.4. The maximum Gasteiger partial charge on any atom is 0.325 e. The second-order valence-corrected chi connectivity index (χ2v) is 10.2. The van der Waals surface area contributed by atoms with Crippen molar-refractivity contribution >= 4 is 11.9 Å². The number of carboxylic acid groups (broad SMARTS) is 2. The van der Waals surface area contributed by atoms with Crippen LogP contribution in [0.2, 0.25) is 0 Å². The van der Waals surface area contributed by atoms with E-state index in [4.69, 9.17) is 0 Å². The van der Waals surface area contributed by atoms with Crippen molar-refractivity contribution in [3.8, 4) is 0 Å². The monoisotopic (exact) mass is 426 g/mol. The van der Waals surface area contributed by atoms with Gasteiger partial charge in [-0.15, -0.1) is 0 Å². The Balaban J connectivity index is 2.63. The third-order valence-electron chi connectivity index (χ3n) is 6.48. The van der Waals surface area contributed by atoms with Crippen molar-refractivity contribution in [3.63, 3.8) is 0 Å². The lowest BCUT2D eigenvalue weighted by atomic mass is 9.60. The first-order chi connectivity index (χ1) is 14.3. The molecule has 4 nitrogen and oxygen atoms in total. The van der Waals surface area contributed by atoms with Crippen molar-refractivity contribution in [3.05, 3.63) is 58.2 Å². The van der Waals surface area contributed by atoms with Crippen molar-refractivity contribution in [2.24, 2.45) is 23.2 Å². The molecule has 0 spiro atoms. The second-order valence-electron chi connectivity index (χ2n) is 10.2.